The number of aryl methyl sites for hydroxylation is 1. The highest BCUT2D eigenvalue weighted by Gasteiger charge is 2.40. The Morgan fingerprint density at radius 2 is 0.847 bits per heavy atom. The summed E-state index contributed by atoms with van der Waals surface area (Å²) in [5.74, 6) is 1.75. The lowest BCUT2D eigenvalue weighted by Gasteiger charge is -2.40. The summed E-state index contributed by atoms with van der Waals surface area (Å²) in [5.41, 5.74) is 29.6. The normalized spacial score (nSPS) is 20.7. The molecule has 6 atom stereocenters. The van der Waals surface area contributed by atoms with Gasteiger partial charge in [0.2, 0.25) is 0 Å². The second-order valence-electron chi connectivity index (χ2n) is 36.4. The minimum atomic E-state index is -0.663. The number of anilines is 9. The van der Waals surface area contributed by atoms with Gasteiger partial charge in [-0.1, -0.05) is 55.4 Å². The average molecular weight is 1610 g/mol. The Balaban J connectivity index is 0.000000145. The highest BCUT2D eigenvalue weighted by molar-refractivity contribution is 5.99. The summed E-state index contributed by atoms with van der Waals surface area (Å²) in [6.45, 7) is 30.7. The van der Waals surface area contributed by atoms with E-state index in [1.165, 1.54) is 46.6 Å². The van der Waals surface area contributed by atoms with Crippen LogP contribution in [0.4, 0.5) is 52.0 Å². The fraction of sp³-hybridized carbons (Fsp3) is 0.541. The average Bonchev–Trinajstić information content (AvgIpc) is 1.73. The summed E-state index contributed by atoms with van der Waals surface area (Å²) in [5, 5.41) is 32.4. The molecular weight excluding hydrogens is 1500 g/mol. The SMILES string of the molecule is CC(C)Cn1cc(Nc2nc(N3CCC[C@@H](NC(=O)c4cc5c(n4C)CC(C)(C)C5)[C@H]3C)cnc2C(N)=O)cn1.CCn1cc(Nc2nc(N3C[C@H](NC(=O)c4cc5c(n4C)CC(C)(C)C5)CC[C@@H]3C)cnc2C(N)=O)cn1.C[C@@H]1[C@H](NC(=O)c2cc3c(n2C)CC(C)(C)C3)CCCN1c1cnc(C(N)=O)c(Nc2cnn(CC3CC3)c2)n1. The number of amides is 6. The maximum absolute atomic E-state index is 13.4. The van der Waals surface area contributed by atoms with Gasteiger partial charge in [0.15, 0.2) is 34.5 Å². The van der Waals surface area contributed by atoms with E-state index in [-0.39, 0.29) is 98.9 Å². The van der Waals surface area contributed by atoms with Crippen molar-refractivity contribution in [2.75, 3.05) is 50.3 Å². The first-order valence-electron chi connectivity index (χ1n) is 41.7. The van der Waals surface area contributed by atoms with Crippen molar-refractivity contribution in [2.45, 2.75) is 229 Å². The third kappa shape index (κ3) is 18.4. The van der Waals surface area contributed by atoms with Crippen molar-refractivity contribution in [1.82, 2.24) is 88.9 Å². The zero-order valence-electron chi connectivity index (χ0n) is 70.9. The predicted octanol–water partition coefficient (Wildman–Crippen LogP) is 9.38. The molecule has 0 unspecified atom stereocenters. The molecule has 9 aromatic heterocycles. The van der Waals surface area contributed by atoms with Crippen LogP contribution in [0.1, 0.15) is 231 Å². The number of piperidine rings is 3. The molecule has 16 rings (SSSR count). The van der Waals surface area contributed by atoms with Gasteiger partial charge in [-0.25, -0.2) is 29.9 Å². The van der Waals surface area contributed by atoms with Crippen molar-refractivity contribution < 1.29 is 28.8 Å². The number of carbonyl (C=O) groups excluding carboxylic acids is 6. The molecule has 12 heterocycles. The van der Waals surface area contributed by atoms with Gasteiger partial charge >= 0.3 is 0 Å². The van der Waals surface area contributed by atoms with Crippen LogP contribution in [0.5, 0.6) is 0 Å². The minimum Gasteiger partial charge on any atom is -0.364 e. The number of hydrogen-bond donors (Lipinski definition) is 9. The first-order valence-corrected chi connectivity index (χ1v) is 41.7. The van der Waals surface area contributed by atoms with E-state index in [1.807, 2.05) is 56.0 Å². The molecule has 0 radical (unpaired) electrons. The zero-order valence-corrected chi connectivity index (χ0v) is 70.9. The van der Waals surface area contributed by atoms with Gasteiger partial charge in [0, 0.05) is 132 Å². The van der Waals surface area contributed by atoms with Gasteiger partial charge in [-0.2, -0.15) is 15.3 Å². The number of nitrogens with two attached hydrogens (primary N) is 3. The lowest BCUT2D eigenvalue weighted by Crippen LogP contribution is -2.54. The zero-order chi connectivity index (χ0) is 84.1. The molecule has 4 fully saturated rings. The second-order valence-corrected chi connectivity index (χ2v) is 36.4. The van der Waals surface area contributed by atoms with Crippen molar-refractivity contribution in [1.29, 1.82) is 0 Å². The number of hydrogen-bond acceptors (Lipinski definition) is 21. The van der Waals surface area contributed by atoms with Gasteiger partial charge in [0.05, 0.1) is 54.2 Å². The summed E-state index contributed by atoms with van der Waals surface area (Å²) in [4.78, 5) is 110. The van der Waals surface area contributed by atoms with Crippen LogP contribution < -0.4 is 63.8 Å². The molecule has 12 N–H and O–H groups in total. The molecule has 3 aliphatic heterocycles. The van der Waals surface area contributed by atoms with Crippen LogP contribution in [0.25, 0.3) is 0 Å². The van der Waals surface area contributed by atoms with Gasteiger partial charge in [-0.15, -0.1) is 0 Å². The van der Waals surface area contributed by atoms with Crippen molar-refractivity contribution in [2.24, 2.45) is 66.4 Å². The van der Waals surface area contributed by atoms with Gasteiger partial charge in [0.25, 0.3) is 35.4 Å². The number of nitrogens with one attached hydrogen (secondary N) is 6. The Morgan fingerprint density at radius 3 is 1.22 bits per heavy atom. The number of aromatic nitrogens is 15. The van der Waals surface area contributed by atoms with E-state index in [0.717, 1.165) is 115 Å². The number of rotatable bonds is 23. The summed E-state index contributed by atoms with van der Waals surface area (Å²) in [6, 6.07) is 6.14. The van der Waals surface area contributed by atoms with Crippen LogP contribution in [-0.4, -0.2) is 164 Å². The maximum atomic E-state index is 13.4. The predicted molar refractivity (Wildman–Crippen MR) is 453 cm³/mol. The van der Waals surface area contributed by atoms with Gasteiger partial charge in [-0.05, 0) is 181 Å². The van der Waals surface area contributed by atoms with Gasteiger partial charge in [0.1, 0.15) is 34.5 Å². The largest absolute Gasteiger partial charge is 0.364 e. The second kappa shape index (κ2) is 33.4. The molecular formula is C85H117N27O6. The van der Waals surface area contributed by atoms with Crippen LogP contribution >= 0.6 is 0 Å². The van der Waals surface area contributed by atoms with Crippen molar-refractivity contribution in [3.63, 3.8) is 0 Å². The van der Waals surface area contributed by atoms with Crippen LogP contribution in [0, 0.1) is 28.1 Å². The van der Waals surface area contributed by atoms with Crippen molar-refractivity contribution >= 4 is 87.4 Å². The Kier molecular flexibility index (Phi) is 23.4. The first kappa shape index (κ1) is 82.8. The summed E-state index contributed by atoms with van der Waals surface area (Å²) < 4.78 is 11.7. The molecule has 3 saturated heterocycles. The molecule has 0 spiro atoms. The van der Waals surface area contributed by atoms with Gasteiger partial charge < -0.3 is 77.5 Å². The Morgan fingerprint density at radius 1 is 0.475 bits per heavy atom. The molecule has 6 amide bonds. The monoisotopic (exact) mass is 1610 g/mol. The third-order valence-electron chi connectivity index (χ3n) is 24.4. The lowest BCUT2D eigenvalue weighted by atomic mass is 9.90. The molecule has 1 saturated carbocycles. The van der Waals surface area contributed by atoms with Crippen LogP contribution in [0.2, 0.25) is 0 Å². The lowest BCUT2D eigenvalue weighted by molar-refractivity contribution is 0.0907. The number of nitrogens with zero attached hydrogens (tertiary/aromatic N) is 18. The van der Waals surface area contributed by atoms with E-state index in [1.54, 1.807) is 41.9 Å². The molecule has 7 aliphatic rings. The Bertz CT molecular complexity index is 5050. The minimum absolute atomic E-state index is 0.0216. The number of fused-ring (bicyclic) bond motifs is 3. The Hall–Kier alpha value is -11.7. The fourth-order valence-electron chi connectivity index (χ4n) is 18.0. The van der Waals surface area contributed by atoms with Crippen LogP contribution in [-0.2, 0) is 79.3 Å². The van der Waals surface area contributed by atoms with Gasteiger partial charge in [-0.3, -0.25) is 42.8 Å². The molecule has 9 aromatic rings. The van der Waals surface area contributed by atoms with E-state index in [0.29, 0.717) is 70.1 Å². The van der Waals surface area contributed by atoms with E-state index in [9.17, 15) is 28.8 Å². The van der Waals surface area contributed by atoms with Crippen molar-refractivity contribution in [3.8, 4) is 0 Å². The molecule has 118 heavy (non-hydrogen) atoms. The van der Waals surface area contributed by atoms with Crippen LogP contribution in [0.15, 0.2) is 74.0 Å². The summed E-state index contributed by atoms with van der Waals surface area (Å²) in [7, 11) is 5.97. The standard InChI is InChI=1S/C29H39N9O2.C29H41N9O2.C27H37N9O2/c1-17-21(34-28(40)22-10-19-11-29(2,3)12-23(19)36(22)4)6-5-9-38(17)24-14-31-25(26(30)39)27(35-24)33-20-13-32-37(16-20)15-18-7-8-18;1-17(2)15-37-16-20(13-32-37)33-27-25(26(30)39)31-14-24(35-27)38-9-7-8-21(18(38)3)34-28(40)22-10-19-11-29(4,5)12-23(19)36(22)6;1-6-35-14-19(12-30-35)31-25-23(24(28)37)29-13-22(33-25)36-15-18(8-7-16(36)2)32-26(38)20-9-17-10-27(3,4)11-21(17)34(20)5/h10,13-14,16-18,21H,5-9,11-12,15H2,1-4H3,(H2,30,39)(H,33,35)(H,34,40);10,13-14,16-18,21H,7-9,11-12,15H2,1-6H3,(H2,30,39)(H,33,35)(H,34,40);9,12-14,16,18H,6-8,10-11,15H2,1-5H3,(H2,28,37)(H,31,33)(H,32,38)/t17-,21-;18-,21-;16-,18+/m110/s1. The molecule has 4 aliphatic carbocycles. The Labute approximate surface area is 689 Å². The highest BCUT2D eigenvalue weighted by Crippen LogP contribution is 2.42. The third-order valence-corrected chi connectivity index (χ3v) is 24.4. The quantitative estimate of drug-likeness (QED) is 0.0288. The van der Waals surface area contributed by atoms with E-state index < -0.39 is 17.7 Å². The number of carbonyl (C=O) groups is 6. The van der Waals surface area contributed by atoms with E-state index >= 15 is 0 Å². The highest BCUT2D eigenvalue weighted by atomic mass is 16.2. The molecule has 33 heteroatoms. The van der Waals surface area contributed by atoms with E-state index in [2.05, 4.69) is 185 Å². The number of primary amides is 3. The van der Waals surface area contributed by atoms with E-state index in [4.69, 9.17) is 32.2 Å². The smallest absolute Gasteiger partial charge is 0.271 e. The molecule has 0 bridgehead atoms. The van der Waals surface area contributed by atoms with Crippen molar-refractivity contribution in [3.05, 3.63) is 142 Å². The molecule has 0 aromatic carbocycles. The fourth-order valence-corrected chi connectivity index (χ4v) is 18.0. The van der Waals surface area contributed by atoms with Crippen LogP contribution in [0.3, 0.4) is 0 Å². The topological polar surface area (TPSA) is 408 Å². The first-order chi connectivity index (χ1) is 56.0. The molecule has 33 nitrogen and oxygen atoms in total. The summed E-state index contributed by atoms with van der Waals surface area (Å²) in [6.07, 6.45) is 29.1. The molecule has 628 valence electrons. The summed E-state index contributed by atoms with van der Waals surface area (Å²) >= 11 is 0. The maximum Gasteiger partial charge on any atom is 0.271 e.